The van der Waals surface area contributed by atoms with Gasteiger partial charge in [-0.1, -0.05) is 25.5 Å². The minimum absolute atomic E-state index is 0.626. The summed E-state index contributed by atoms with van der Waals surface area (Å²) in [4.78, 5) is 0. The van der Waals surface area contributed by atoms with Crippen LogP contribution in [0.4, 0.5) is 0 Å². The van der Waals surface area contributed by atoms with Gasteiger partial charge >= 0.3 is 0 Å². The molecule has 17 heavy (non-hydrogen) atoms. The monoisotopic (exact) mass is 233 g/mol. The number of nitrogens with one attached hydrogen (secondary N) is 1. The Labute approximate surface area is 104 Å². The van der Waals surface area contributed by atoms with Gasteiger partial charge in [0.2, 0.25) is 0 Å². The fraction of sp³-hybridized carbons (Fsp3) is 0.600. The molecule has 0 aliphatic carbocycles. The Balaban J connectivity index is 2.18. The standard InChI is InChI=1S/C15H23NO/c1-4-14-11(2)16-10-9-15(14)12-5-7-13(17-3)8-6-12/h5-8,11,14-16H,4,9-10H2,1-3H3/t11-,14+,15+/m1/s1. The first-order valence-corrected chi connectivity index (χ1v) is 6.63. The Morgan fingerprint density at radius 3 is 2.59 bits per heavy atom. The second kappa shape index (κ2) is 5.54. The molecule has 0 amide bonds. The van der Waals surface area contributed by atoms with Gasteiger partial charge in [0.15, 0.2) is 0 Å². The predicted octanol–water partition coefficient (Wildman–Crippen LogP) is 3.19. The first-order valence-electron chi connectivity index (χ1n) is 6.63. The van der Waals surface area contributed by atoms with Crippen molar-refractivity contribution < 1.29 is 4.74 Å². The first kappa shape index (κ1) is 12.4. The van der Waals surface area contributed by atoms with Gasteiger partial charge < -0.3 is 10.1 Å². The average Bonchev–Trinajstić information content (AvgIpc) is 2.38. The zero-order valence-electron chi connectivity index (χ0n) is 11.1. The molecule has 2 heteroatoms. The van der Waals surface area contributed by atoms with Crippen LogP contribution in [0.3, 0.4) is 0 Å². The molecule has 0 radical (unpaired) electrons. The van der Waals surface area contributed by atoms with E-state index >= 15 is 0 Å². The summed E-state index contributed by atoms with van der Waals surface area (Å²) in [5.41, 5.74) is 1.46. The van der Waals surface area contributed by atoms with Crippen molar-refractivity contribution in [3.63, 3.8) is 0 Å². The fourth-order valence-corrected chi connectivity index (χ4v) is 3.08. The number of rotatable bonds is 3. The quantitative estimate of drug-likeness (QED) is 0.865. The van der Waals surface area contributed by atoms with Gasteiger partial charge in [-0.2, -0.15) is 0 Å². The van der Waals surface area contributed by atoms with Crippen molar-refractivity contribution in [3.05, 3.63) is 29.8 Å². The van der Waals surface area contributed by atoms with Crippen LogP contribution in [0, 0.1) is 5.92 Å². The lowest BCUT2D eigenvalue weighted by Gasteiger charge is -2.37. The minimum atomic E-state index is 0.626. The molecule has 1 heterocycles. The third-order valence-corrected chi connectivity index (χ3v) is 4.10. The SMILES string of the molecule is CC[C@H]1[C@@H](C)NCC[C@H]1c1ccc(OC)cc1. The summed E-state index contributed by atoms with van der Waals surface area (Å²) >= 11 is 0. The molecule has 1 aromatic rings. The summed E-state index contributed by atoms with van der Waals surface area (Å²) in [6.45, 7) is 5.74. The van der Waals surface area contributed by atoms with Crippen molar-refractivity contribution in [1.29, 1.82) is 0 Å². The lowest BCUT2D eigenvalue weighted by Crippen LogP contribution is -2.42. The van der Waals surface area contributed by atoms with Gasteiger partial charge in [-0.25, -0.2) is 0 Å². The topological polar surface area (TPSA) is 21.3 Å². The molecule has 94 valence electrons. The van der Waals surface area contributed by atoms with Crippen LogP contribution in [0.2, 0.25) is 0 Å². The van der Waals surface area contributed by atoms with Crippen LogP contribution in [-0.2, 0) is 0 Å². The highest BCUT2D eigenvalue weighted by Gasteiger charge is 2.29. The third-order valence-electron chi connectivity index (χ3n) is 4.10. The van der Waals surface area contributed by atoms with Crippen molar-refractivity contribution in [2.45, 2.75) is 38.6 Å². The van der Waals surface area contributed by atoms with Crippen LogP contribution in [0.1, 0.15) is 38.2 Å². The van der Waals surface area contributed by atoms with Gasteiger partial charge in [-0.05, 0) is 49.4 Å². The third kappa shape index (κ3) is 2.63. The van der Waals surface area contributed by atoms with Crippen LogP contribution < -0.4 is 10.1 Å². The van der Waals surface area contributed by atoms with E-state index in [0.717, 1.165) is 18.2 Å². The van der Waals surface area contributed by atoms with E-state index in [-0.39, 0.29) is 0 Å². The van der Waals surface area contributed by atoms with Crippen molar-refractivity contribution in [2.75, 3.05) is 13.7 Å². The van der Waals surface area contributed by atoms with Crippen molar-refractivity contribution in [3.8, 4) is 5.75 Å². The Morgan fingerprint density at radius 2 is 2.00 bits per heavy atom. The molecule has 1 N–H and O–H groups in total. The molecule has 0 unspecified atom stereocenters. The molecule has 0 spiro atoms. The molecule has 2 nitrogen and oxygen atoms in total. The number of methoxy groups -OCH3 is 1. The van der Waals surface area contributed by atoms with E-state index in [0.29, 0.717) is 12.0 Å². The minimum Gasteiger partial charge on any atom is -0.497 e. The molecule has 1 fully saturated rings. The molecule has 3 atom stereocenters. The fourth-order valence-electron chi connectivity index (χ4n) is 3.08. The largest absolute Gasteiger partial charge is 0.497 e. The van der Waals surface area contributed by atoms with E-state index in [1.165, 1.54) is 18.4 Å². The average molecular weight is 233 g/mol. The lowest BCUT2D eigenvalue weighted by atomic mass is 9.76. The predicted molar refractivity (Wildman–Crippen MR) is 71.6 cm³/mol. The van der Waals surface area contributed by atoms with Gasteiger partial charge in [0, 0.05) is 6.04 Å². The summed E-state index contributed by atoms with van der Waals surface area (Å²) in [7, 11) is 1.72. The molecule has 1 aromatic carbocycles. The van der Waals surface area contributed by atoms with Crippen LogP contribution >= 0.6 is 0 Å². The summed E-state index contributed by atoms with van der Waals surface area (Å²) in [5, 5.41) is 3.58. The van der Waals surface area contributed by atoms with Gasteiger partial charge in [0.25, 0.3) is 0 Å². The molecule has 0 bridgehead atoms. The maximum absolute atomic E-state index is 5.22. The highest BCUT2D eigenvalue weighted by molar-refractivity contribution is 5.30. The van der Waals surface area contributed by atoms with Gasteiger partial charge in [-0.3, -0.25) is 0 Å². The second-order valence-corrected chi connectivity index (χ2v) is 4.98. The first-order chi connectivity index (χ1) is 8.26. The Morgan fingerprint density at radius 1 is 1.29 bits per heavy atom. The summed E-state index contributed by atoms with van der Waals surface area (Å²) in [6, 6.07) is 9.23. The lowest BCUT2D eigenvalue weighted by molar-refractivity contribution is 0.249. The van der Waals surface area contributed by atoms with Crippen LogP contribution in [0.15, 0.2) is 24.3 Å². The molecule has 1 aliphatic rings. The van der Waals surface area contributed by atoms with Crippen molar-refractivity contribution in [2.24, 2.45) is 5.92 Å². The number of hydrogen-bond donors (Lipinski definition) is 1. The maximum atomic E-state index is 5.22. The number of ether oxygens (including phenoxy) is 1. The van der Waals surface area contributed by atoms with Gasteiger partial charge in [0.1, 0.15) is 5.75 Å². The number of benzene rings is 1. The summed E-state index contributed by atoms with van der Waals surface area (Å²) < 4.78 is 5.22. The molecule has 0 aromatic heterocycles. The number of hydrogen-bond acceptors (Lipinski definition) is 2. The molecule has 1 aliphatic heterocycles. The smallest absolute Gasteiger partial charge is 0.118 e. The Kier molecular flexibility index (Phi) is 4.06. The maximum Gasteiger partial charge on any atom is 0.118 e. The van der Waals surface area contributed by atoms with Crippen LogP contribution in [0.25, 0.3) is 0 Å². The van der Waals surface area contributed by atoms with E-state index in [1.54, 1.807) is 7.11 Å². The van der Waals surface area contributed by atoms with Gasteiger partial charge in [-0.15, -0.1) is 0 Å². The van der Waals surface area contributed by atoms with Crippen molar-refractivity contribution >= 4 is 0 Å². The molecule has 2 rings (SSSR count). The molecular formula is C15H23NO. The van der Waals surface area contributed by atoms with Crippen molar-refractivity contribution in [1.82, 2.24) is 5.32 Å². The molecular weight excluding hydrogens is 210 g/mol. The highest BCUT2D eigenvalue weighted by atomic mass is 16.5. The van der Waals surface area contributed by atoms with E-state index in [9.17, 15) is 0 Å². The Hall–Kier alpha value is -1.02. The zero-order valence-corrected chi connectivity index (χ0v) is 11.1. The van der Waals surface area contributed by atoms with Crippen LogP contribution in [0.5, 0.6) is 5.75 Å². The van der Waals surface area contributed by atoms with E-state index < -0.39 is 0 Å². The zero-order chi connectivity index (χ0) is 12.3. The van der Waals surface area contributed by atoms with E-state index in [2.05, 4.69) is 43.4 Å². The normalized spacial score (nSPS) is 29.0. The van der Waals surface area contributed by atoms with Gasteiger partial charge in [0.05, 0.1) is 7.11 Å². The molecule has 0 saturated carbocycles. The summed E-state index contributed by atoms with van der Waals surface area (Å²) in [5.74, 6) is 2.39. The molecule has 1 saturated heterocycles. The van der Waals surface area contributed by atoms with E-state index in [4.69, 9.17) is 4.74 Å². The second-order valence-electron chi connectivity index (χ2n) is 4.98. The van der Waals surface area contributed by atoms with Crippen LogP contribution in [-0.4, -0.2) is 19.7 Å². The highest BCUT2D eigenvalue weighted by Crippen LogP contribution is 2.35. The number of piperidine rings is 1. The van der Waals surface area contributed by atoms with E-state index in [1.807, 2.05) is 0 Å². The summed E-state index contributed by atoms with van der Waals surface area (Å²) in [6.07, 6.45) is 2.49. The Bertz CT molecular complexity index is 346.